The maximum absolute atomic E-state index is 10.5. The first-order valence-corrected chi connectivity index (χ1v) is 5.43. The molecule has 1 N–H and O–H groups in total. The summed E-state index contributed by atoms with van der Waals surface area (Å²) in [6.45, 7) is 0. The molecule has 0 amide bonds. The molecule has 0 saturated heterocycles. The van der Waals surface area contributed by atoms with Crippen molar-refractivity contribution >= 4 is 23.1 Å². The van der Waals surface area contributed by atoms with Gasteiger partial charge in [-0.25, -0.2) is 4.79 Å². The third-order valence-electron chi connectivity index (χ3n) is 2.57. The van der Waals surface area contributed by atoms with Gasteiger partial charge in [-0.2, -0.15) is 0 Å². The van der Waals surface area contributed by atoms with Crippen molar-refractivity contribution in [2.24, 2.45) is 0 Å². The Morgan fingerprint density at radius 2 is 2.06 bits per heavy atom. The van der Waals surface area contributed by atoms with Crippen molar-refractivity contribution in [1.29, 1.82) is 0 Å². The Hall–Kier alpha value is -1.54. The minimum absolute atomic E-state index is 0.713. The van der Waals surface area contributed by atoms with Crippen molar-refractivity contribution < 1.29 is 9.90 Å². The van der Waals surface area contributed by atoms with Gasteiger partial charge < -0.3 is 5.11 Å². The fraction of sp³-hybridized carbons (Fsp3) is 0.154. The second-order valence-electron chi connectivity index (χ2n) is 3.71. The Balaban J connectivity index is 2.32. The van der Waals surface area contributed by atoms with Crippen LogP contribution < -0.4 is 0 Å². The fourth-order valence-corrected chi connectivity index (χ4v) is 2.11. The number of halogens is 1. The number of allylic oxidation sites excluding steroid dienone is 3. The Kier molecular flexibility index (Phi) is 3.11. The lowest BCUT2D eigenvalue weighted by Gasteiger charge is -2.03. The van der Waals surface area contributed by atoms with E-state index in [0.717, 1.165) is 29.6 Å². The van der Waals surface area contributed by atoms with Gasteiger partial charge in [-0.15, -0.1) is 0 Å². The van der Waals surface area contributed by atoms with Gasteiger partial charge in [-0.3, -0.25) is 0 Å². The molecule has 16 heavy (non-hydrogen) atoms. The van der Waals surface area contributed by atoms with Crippen LogP contribution in [0.2, 0.25) is 5.02 Å². The zero-order valence-corrected chi connectivity index (χ0v) is 9.37. The van der Waals surface area contributed by atoms with E-state index in [1.165, 1.54) is 6.08 Å². The number of carboxylic acid groups (broad SMARTS) is 1. The SMILES string of the molecule is O=C(O)/C=C1/C=C(c2ccccc2Cl)CC1. The average molecular weight is 235 g/mol. The van der Waals surface area contributed by atoms with Crippen LogP contribution in [0.15, 0.2) is 42.0 Å². The lowest BCUT2D eigenvalue weighted by atomic mass is 10.1. The molecule has 2 rings (SSSR count). The summed E-state index contributed by atoms with van der Waals surface area (Å²) in [6.07, 6.45) is 4.79. The monoisotopic (exact) mass is 234 g/mol. The highest BCUT2D eigenvalue weighted by molar-refractivity contribution is 6.32. The van der Waals surface area contributed by atoms with E-state index in [1.807, 2.05) is 30.3 Å². The Labute approximate surface area is 98.9 Å². The Morgan fingerprint density at radius 3 is 2.75 bits per heavy atom. The van der Waals surface area contributed by atoms with Crippen molar-refractivity contribution in [3.8, 4) is 0 Å². The van der Waals surface area contributed by atoms with Crippen LogP contribution in [0.25, 0.3) is 5.57 Å². The third kappa shape index (κ3) is 2.34. The van der Waals surface area contributed by atoms with Crippen LogP contribution in [0.1, 0.15) is 18.4 Å². The summed E-state index contributed by atoms with van der Waals surface area (Å²) in [5.41, 5.74) is 2.96. The van der Waals surface area contributed by atoms with E-state index in [2.05, 4.69) is 0 Å². The maximum atomic E-state index is 10.5. The van der Waals surface area contributed by atoms with Crippen molar-refractivity contribution in [3.63, 3.8) is 0 Å². The van der Waals surface area contributed by atoms with Crippen molar-refractivity contribution in [3.05, 3.63) is 52.6 Å². The van der Waals surface area contributed by atoms with Crippen LogP contribution in [-0.2, 0) is 4.79 Å². The lowest BCUT2D eigenvalue weighted by molar-refractivity contribution is -0.131. The van der Waals surface area contributed by atoms with Gasteiger partial charge in [0.2, 0.25) is 0 Å². The molecule has 82 valence electrons. The summed E-state index contributed by atoms with van der Waals surface area (Å²) in [6, 6.07) is 7.62. The molecule has 3 heteroatoms. The number of carboxylic acids is 1. The molecule has 0 atom stereocenters. The summed E-state index contributed by atoms with van der Waals surface area (Å²) >= 11 is 6.08. The molecule has 0 spiro atoms. The topological polar surface area (TPSA) is 37.3 Å². The Morgan fingerprint density at radius 1 is 1.31 bits per heavy atom. The standard InChI is InChI=1S/C13H11ClO2/c14-12-4-2-1-3-11(12)10-6-5-9(7-10)8-13(15)16/h1-4,7-8H,5-6H2,(H,15,16)/b9-8+. The number of rotatable bonds is 2. The first-order chi connectivity index (χ1) is 7.66. The van der Waals surface area contributed by atoms with E-state index in [4.69, 9.17) is 16.7 Å². The Bertz CT molecular complexity index is 486. The summed E-state index contributed by atoms with van der Waals surface area (Å²) in [5.74, 6) is -0.897. The summed E-state index contributed by atoms with van der Waals surface area (Å²) in [4.78, 5) is 10.5. The summed E-state index contributed by atoms with van der Waals surface area (Å²) in [7, 11) is 0. The number of aliphatic carboxylic acids is 1. The van der Waals surface area contributed by atoms with Crippen LogP contribution in [0.3, 0.4) is 0 Å². The molecule has 0 aromatic heterocycles. The molecule has 0 unspecified atom stereocenters. The van der Waals surface area contributed by atoms with Gasteiger partial charge in [-0.1, -0.05) is 35.9 Å². The predicted octanol–water partition coefficient (Wildman–Crippen LogP) is 3.53. The molecule has 1 aromatic carbocycles. The van der Waals surface area contributed by atoms with Gasteiger partial charge in [-0.05, 0) is 35.6 Å². The molecule has 0 bridgehead atoms. The first kappa shape index (κ1) is 11.0. The zero-order chi connectivity index (χ0) is 11.5. The quantitative estimate of drug-likeness (QED) is 0.795. The van der Waals surface area contributed by atoms with Crippen LogP contribution in [0, 0.1) is 0 Å². The molecule has 1 aromatic rings. The number of benzene rings is 1. The fourth-order valence-electron chi connectivity index (χ4n) is 1.85. The van der Waals surface area contributed by atoms with Gasteiger partial charge in [0.25, 0.3) is 0 Å². The predicted molar refractivity (Wildman–Crippen MR) is 64.4 cm³/mol. The molecular formula is C13H11ClO2. The molecule has 0 radical (unpaired) electrons. The van der Waals surface area contributed by atoms with Gasteiger partial charge >= 0.3 is 5.97 Å². The highest BCUT2D eigenvalue weighted by atomic mass is 35.5. The summed E-state index contributed by atoms with van der Waals surface area (Å²) in [5, 5.41) is 9.37. The maximum Gasteiger partial charge on any atom is 0.328 e. The number of carbonyl (C=O) groups is 1. The molecule has 1 aliphatic rings. The van der Waals surface area contributed by atoms with Gasteiger partial charge in [0.1, 0.15) is 0 Å². The van der Waals surface area contributed by atoms with E-state index in [1.54, 1.807) is 0 Å². The number of hydrogen-bond donors (Lipinski definition) is 1. The molecule has 1 aliphatic carbocycles. The molecular weight excluding hydrogens is 224 g/mol. The highest BCUT2D eigenvalue weighted by Gasteiger charge is 2.13. The van der Waals surface area contributed by atoms with E-state index in [0.29, 0.717) is 5.02 Å². The van der Waals surface area contributed by atoms with Gasteiger partial charge in [0, 0.05) is 11.1 Å². The van der Waals surface area contributed by atoms with Crippen LogP contribution in [0.5, 0.6) is 0 Å². The summed E-state index contributed by atoms with van der Waals surface area (Å²) < 4.78 is 0. The van der Waals surface area contributed by atoms with E-state index in [-0.39, 0.29) is 0 Å². The third-order valence-corrected chi connectivity index (χ3v) is 2.90. The average Bonchev–Trinajstić information content (AvgIpc) is 2.66. The second kappa shape index (κ2) is 4.54. The minimum atomic E-state index is -0.897. The molecule has 0 saturated carbocycles. The normalized spacial score (nSPS) is 17.6. The zero-order valence-electron chi connectivity index (χ0n) is 8.61. The van der Waals surface area contributed by atoms with Crippen molar-refractivity contribution in [2.45, 2.75) is 12.8 Å². The van der Waals surface area contributed by atoms with Crippen molar-refractivity contribution in [2.75, 3.05) is 0 Å². The highest BCUT2D eigenvalue weighted by Crippen LogP contribution is 2.34. The van der Waals surface area contributed by atoms with Crippen molar-refractivity contribution in [1.82, 2.24) is 0 Å². The van der Waals surface area contributed by atoms with E-state index < -0.39 is 5.97 Å². The van der Waals surface area contributed by atoms with Gasteiger partial charge in [0.15, 0.2) is 0 Å². The van der Waals surface area contributed by atoms with Gasteiger partial charge in [0.05, 0.1) is 0 Å². The molecule has 0 fully saturated rings. The number of hydrogen-bond acceptors (Lipinski definition) is 1. The van der Waals surface area contributed by atoms with E-state index >= 15 is 0 Å². The van der Waals surface area contributed by atoms with Crippen LogP contribution in [-0.4, -0.2) is 11.1 Å². The molecule has 2 nitrogen and oxygen atoms in total. The smallest absolute Gasteiger partial charge is 0.328 e. The largest absolute Gasteiger partial charge is 0.478 e. The van der Waals surface area contributed by atoms with Crippen LogP contribution in [0.4, 0.5) is 0 Å². The second-order valence-corrected chi connectivity index (χ2v) is 4.11. The minimum Gasteiger partial charge on any atom is -0.478 e. The molecule has 0 aliphatic heterocycles. The first-order valence-electron chi connectivity index (χ1n) is 5.06. The van der Waals surface area contributed by atoms with Crippen LogP contribution >= 0.6 is 11.6 Å². The molecule has 0 heterocycles. The lowest BCUT2D eigenvalue weighted by Crippen LogP contribution is -1.88. The van der Waals surface area contributed by atoms with E-state index in [9.17, 15) is 4.79 Å².